The lowest BCUT2D eigenvalue weighted by molar-refractivity contribution is 0.294. The summed E-state index contributed by atoms with van der Waals surface area (Å²) >= 11 is 3.51. The first-order valence-corrected chi connectivity index (χ1v) is 7.41. The predicted octanol–water partition coefficient (Wildman–Crippen LogP) is 2.28. The van der Waals surface area contributed by atoms with E-state index < -0.39 is 0 Å². The van der Waals surface area contributed by atoms with Crippen molar-refractivity contribution >= 4 is 21.6 Å². The molecule has 0 radical (unpaired) electrons. The number of rotatable bonds is 1. The summed E-state index contributed by atoms with van der Waals surface area (Å²) in [6.45, 7) is 4.51. The van der Waals surface area contributed by atoms with E-state index in [1.165, 1.54) is 25.1 Å². The molecule has 2 fully saturated rings. The molecule has 18 heavy (non-hydrogen) atoms. The molecule has 2 heterocycles. The van der Waals surface area contributed by atoms with Gasteiger partial charge >= 0.3 is 0 Å². The molecule has 1 N–H and O–H groups in total. The Labute approximate surface area is 117 Å². The standard InChI is InChI=1S/C14H20BrN3/c1-17-10-14(6-8-16-9-7-14)18(11-17)13-4-2-12(15)3-5-13/h2-5,16H,6-11H2,1H3. The molecule has 0 bridgehead atoms. The second-order valence-corrected chi connectivity index (χ2v) is 6.45. The van der Waals surface area contributed by atoms with E-state index in [-0.39, 0.29) is 0 Å². The lowest BCUT2D eigenvalue weighted by Gasteiger charge is -2.42. The maximum atomic E-state index is 3.51. The van der Waals surface area contributed by atoms with Crippen LogP contribution in [0.15, 0.2) is 28.7 Å². The van der Waals surface area contributed by atoms with E-state index in [1.807, 2.05) is 0 Å². The Morgan fingerprint density at radius 2 is 1.83 bits per heavy atom. The summed E-state index contributed by atoms with van der Waals surface area (Å²) in [4.78, 5) is 5.04. The fraction of sp³-hybridized carbons (Fsp3) is 0.571. The van der Waals surface area contributed by atoms with E-state index in [0.717, 1.165) is 24.2 Å². The van der Waals surface area contributed by atoms with Gasteiger partial charge in [0.1, 0.15) is 0 Å². The topological polar surface area (TPSA) is 18.5 Å². The summed E-state index contributed by atoms with van der Waals surface area (Å²) in [5.41, 5.74) is 1.69. The van der Waals surface area contributed by atoms with Crippen LogP contribution in [0.25, 0.3) is 0 Å². The Morgan fingerprint density at radius 3 is 2.50 bits per heavy atom. The third-order valence-electron chi connectivity index (χ3n) is 4.19. The van der Waals surface area contributed by atoms with Crippen LogP contribution in [0.1, 0.15) is 12.8 Å². The molecule has 0 aliphatic carbocycles. The molecule has 0 aromatic heterocycles. The van der Waals surface area contributed by atoms with Gasteiger partial charge in [0.2, 0.25) is 0 Å². The van der Waals surface area contributed by atoms with Crippen LogP contribution in [-0.2, 0) is 0 Å². The third-order valence-corrected chi connectivity index (χ3v) is 4.72. The minimum absolute atomic E-state index is 0.341. The summed E-state index contributed by atoms with van der Waals surface area (Å²) in [5.74, 6) is 0. The van der Waals surface area contributed by atoms with Gasteiger partial charge in [-0.1, -0.05) is 15.9 Å². The molecule has 3 nitrogen and oxygen atoms in total. The SMILES string of the molecule is CN1CN(c2ccc(Br)cc2)C2(CCNCC2)C1. The van der Waals surface area contributed by atoms with Gasteiger partial charge in [-0.25, -0.2) is 0 Å². The molecule has 1 aromatic rings. The smallest absolute Gasteiger partial charge is 0.0711 e. The zero-order valence-electron chi connectivity index (χ0n) is 10.8. The highest BCUT2D eigenvalue weighted by Gasteiger charge is 2.43. The molecule has 0 unspecified atom stereocenters. The molecule has 98 valence electrons. The highest BCUT2D eigenvalue weighted by Crippen LogP contribution is 2.36. The first-order chi connectivity index (χ1) is 8.70. The molecular weight excluding hydrogens is 290 g/mol. The largest absolute Gasteiger partial charge is 0.351 e. The molecule has 0 saturated carbocycles. The number of nitrogens with zero attached hydrogens (tertiary/aromatic N) is 2. The minimum Gasteiger partial charge on any atom is -0.351 e. The molecule has 3 rings (SSSR count). The highest BCUT2D eigenvalue weighted by atomic mass is 79.9. The fourth-order valence-corrected chi connectivity index (χ4v) is 3.59. The van der Waals surface area contributed by atoms with Crippen molar-refractivity contribution in [2.75, 3.05) is 38.3 Å². The van der Waals surface area contributed by atoms with Gasteiger partial charge in [0.05, 0.1) is 12.2 Å². The number of piperidine rings is 1. The zero-order valence-corrected chi connectivity index (χ0v) is 12.4. The molecular formula is C14H20BrN3. The normalized spacial score (nSPS) is 23.8. The van der Waals surface area contributed by atoms with E-state index in [1.54, 1.807) is 0 Å². The summed E-state index contributed by atoms with van der Waals surface area (Å²) in [7, 11) is 2.22. The number of hydrogen-bond donors (Lipinski definition) is 1. The van der Waals surface area contributed by atoms with Crippen molar-refractivity contribution < 1.29 is 0 Å². The van der Waals surface area contributed by atoms with Crippen molar-refractivity contribution in [2.24, 2.45) is 0 Å². The summed E-state index contributed by atoms with van der Waals surface area (Å²) in [6, 6.07) is 8.74. The van der Waals surface area contributed by atoms with Crippen LogP contribution in [0.3, 0.4) is 0 Å². The first-order valence-electron chi connectivity index (χ1n) is 6.62. The fourth-order valence-electron chi connectivity index (χ4n) is 3.33. The van der Waals surface area contributed by atoms with E-state index in [2.05, 4.69) is 62.4 Å². The number of likely N-dealkylation sites (N-methyl/N-ethyl adjacent to an activating group) is 1. The molecule has 0 atom stereocenters. The van der Waals surface area contributed by atoms with Gasteiger partial charge < -0.3 is 10.2 Å². The second-order valence-electron chi connectivity index (χ2n) is 5.53. The first kappa shape index (κ1) is 12.5. The average molecular weight is 310 g/mol. The average Bonchev–Trinajstić information content (AvgIpc) is 2.68. The van der Waals surface area contributed by atoms with Crippen LogP contribution in [0, 0.1) is 0 Å². The Bertz CT molecular complexity index is 412. The Hall–Kier alpha value is -0.580. The number of nitrogens with one attached hydrogen (secondary N) is 1. The summed E-state index contributed by atoms with van der Waals surface area (Å²) < 4.78 is 1.15. The van der Waals surface area contributed by atoms with Crippen LogP contribution in [0.4, 0.5) is 5.69 Å². The number of halogens is 1. The zero-order chi connectivity index (χ0) is 12.6. The van der Waals surface area contributed by atoms with Gasteiger partial charge in [-0.15, -0.1) is 0 Å². The van der Waals surface area contributed by atoms with Crippen LogP contribution >= 0.6 is 15.9 Å². The van der Waals surface area contributed by atoms with Crippen molar-refractivity contribution in [1.29, 1.82) is 0 Å². The Kier molecular flexibility index (Phi) is 3.34. The number of hydrogen-bond acceptors (Lipinski definition) is 3. The molecule has 2 saturated heterocycles. The highest BCUT2D eigenvalue weighted by molar-refractivity contribution is 9.10. The van der Waals surface area contributed by atoms with Crippen molar-refractivity contribution in [1.82, 2.24) is 10.2 Å². The van der Waals surface area contributed by atoms with Gasteiger partial charge in [-0.3, -0.25) is 4.90 Å². The van der Waals surface area contributed by atoms with Crippen molar-refractivity contribution in [3.05, 3.63) is 28.7 Å². The Balaban J connectivity index is 1.90. The molecule has 2 aliphatic rings. The predicted molar refractivity (Wildman–Crippen MR) is 79.0 cm³/mol. The lowest BCUT2D eigenvalue weighted by Crippen LogP contribution is -2.53. The van der Waals surface area contributed by atoms with E-state index in [0.29, 0.717) is 5.54 Å². The molecule has 1 spiro atoms. The maximum Gasteiger partial charge on any atom is 0.0711 e. The molecule has 1 aromatic carbocycles. The second kappa shape index (κ2) is 4.83. The van der Waals surface area contributed by atoms with Gasteiger partial charge in [0, 0.05) is 16.7 Å². The van der Waals surface area contributed by atoms with E-state index >= 15 is 0 Å². The van der Waals surface area contributed by atoms with Crippen molar-refractivity contribution in [2.45, 2.75) is 18.4 Å². The molecule has 0 amide bonds. The Morgan fingerprint density at radius 1 is 1.17 bits per heavy atom. The monoisotopic (exact) mass is 309 g/mol. The lowest BCUT2D eigenvalue weighted by atomic mass is 9.87. The van der Waals surface area contributed by atoms with Crippen molar-refractivity contribution in [3.63, 3.8) is 0 Å². The quantitative estimate of drug-likeness (QED) is 0.858. The van der Waals surface area contributed by atoms with Gasteiger partial charge in [0.15, 0.2) is 0 Å². The van der Waals surface area contributed by atoms with Crippen LogP contribution < -0.4 is 10.2 Å². The molecule has 2 aliphatic heterocycles. The van der Waals surface area contributed by atoms with E-state index in [9.17, 15) is 0 Å². The van der Waals surface area contributed by atoms with Crippen LogP contribution in [-0.4, -0.2) is 43.8 Å². The van der Waals surface area contributed by atoms with Crippen LogP contribution in [0.2, 0.25) is 0 Å². The van der Waals surface area contributed by atoms with Crippen molar-refractivity contribution in [3.8, 4) is 0 Å². The van der Waals surface area contributed by atoms with Crippen LogP contribution in [0.5, 0.6) is 0 Å². The minimum atomic E-state index is 0.341. The summed E-state index contributed by atoms with van der Waals surface area (Å²) in [5, 5.41) is 3.48. The van der Waals surface area contributed by atoms with Gasteiger partial charge in [-0.05, 0) is 57.2 Å². The molecule has 4 heteroatoms. The third kappa shape index (κ3) is 2.17. The summed E-state index contributed by atoms with van der Waals surface area (Å²) in [6.07, 6.45) is 2.49. The van der Waals surface area contributed by atoms with Gasteiger partial charge in [0.25, 0.3) is 0 Å². The maximum absolute atomic E-state index is 3.51. The van der Waals surface area contributed by atoms with Gasteiger partial charge in [-0.2, -0.15) is 0 Å². The van der Waals surface area contributed by atoms with E-state index in [4.69, 9.17) is 0 Å². The number of benzene rings is 1. The number of anilines is 1.